The second-order valence-electron chi connectivity index (χ2n) is 7.66. The number of aryl methyl sites for hydroxylation is 2. The zero-order chi connectivity index (χ0) is 21.7. The van der Waals surface area contributed by atoms with Gasteiger partial charge in [0, 0.05) is 23.6 Å². The molecule has 0 radical (unpaired) electrons. The molecule has 0 aliphatic heterocycles. The van der Waals surface area contributed by atoms with E-state index in [9.17, 15) is 9.18 Å². The summed E-state index contributed by atoms with van der Waals surface area (Å²) in [5.41, 5.74) is 3.39. The predicted molar refractivity (Wildman–Crippen MR) is 126 cm³/mol. The van der Waals surface area contributed by atoms with Crippen LogP contribution in [0.1, 0.15) is 24.0 Å². The number of fused-ring (bicyclic) bond motifs is 1. The molecule has 3 rings (SSSR count). The van der Waals surface area contributed by atoms with Crippen LogP contribution in [-0.4, -0.2) is 48.7 Å². The minimum absolute atomic E-state index is 0.0795. The summed E-state index contributed by atoms with van der Waals surface area (Å²) in [6.45, 7) is 5.74. The Balaban J connectivity index is 1.72. The van der Waals surface area contributed by atoms with Crippen molar-refractivity contribution in [2.75, 3.05) is 37.8 Å². The quantitative estimate of drug-likeness (QED) is 0.407. The molecule has 3 aromatic rings. The third-order valence-electron chi connectivity index (χ3n) is 4.91. The molecule has 0 unspecified atom stereocenters. The Morgan fingerprint density at radius 2 is 1.80 bits per heavy atom. The standard InChI is InChI=1S/C23H28FN3OS2/c1-16-14-20-21(15-17(16)2)30-23(25-20)27(12-5-11-26(3)4)22(28)10-13-29-19-8-6-18(24)7-9-19/h6-9,14-15H,5,10-13H2,1-4H3. The molecule has 1 amide bonds. The number of nitrogens with zero attached hydrogens (tertiary/aromatic N) is 3. The number of hydrogen-bond donors (Lipinski definition) is 0. The van der Waals surface area contributed by atoms with Gasteiger partial charge in [-0.15, -0.1) is 11.8 Å². The van der Waals surface area contributed by atoms with Gasteiger partial charge >= 0.3 is 0 Å². The lowest BCUT2D eigenvalue weighted by Gasteiger charge is -2.21. The number of carbonyl (C=O) groups excluding carboxylic acids is 1. The van der Waals surface area contributed by atoms with Gasteiger partial charge in [-0.2, -0.15) is 0 Å². The number of thioether (sulfide) groups is 1. The fraction of sp³-hybridized carbons (Fsp3) is 0.391. The van der Waals surface area contributed by atoms with E-state index >= 15 is 0 Å². The number of rotatable bonds is 9. The van der Waals surface area contributed by atoms with Crippen molar-refractivity contribution in [2.24, 2.45) is 0 Å². The van der Waals surface area contributed by atoms with Crippen LogP contribution in [-0.2, 0) is 4.79 Å². The number of benzene rings is 2. The van der Waals surface area contributed by atoms with E-state index in [2.05, 4.69) is 30.9 Å². The van der Waals surface area contributed by atoms with Crippen LogP contribution in [0.4, 0.5) is 9.52 Å². The molecule has 0 saturated carbocycles. The van der Waals surface area contributed by atoms with Crippen LogP contribution < -0.4 is 4.90 Å². The summed E-state index contributed by atoms with van der Waals surface area (Å²) in [4.78, 5) is 22.8. The molecule has 0 spiro atoms. The molecule has 2 aromatic carbocycles. The highest BCUT2D eigenvalue weighted by atomic mass is 32.2. The van der Waals surface area contributed by atoms with Gasteiger partial charge in [-0.1, -0.05) is 11.3 Å². The first-order valence-electron chi connectivity index (χ1n) is 10.0. The summed E-state index contributed by atoms with van der Waals surface area (Å²) < 4.78 is 14.2. The van der Waals surface area contributed by atoms with Gasteiger partial charge < -0.3 is 4.90 Å². The monoisotopic (exact) mass is 445 g/mol. The summed E-state index contributed by atoms with van der Waals surface area (Å²) in [5, 5.41) is 0.769. The fourth-order valence-corrected chi connectivity index (χ4v) is 5.01. The Morgan fingerprint density at radius 1 is 1.10 bits per heavy atom. The van der Waals surface area contributed by atoms with Crippen molar-refractivity contribution in [1.29, 1.82) is 0 Å². The SMILES string of the molecule is Cc1cc2nc(N(CCCN(C)C)C(=O)CCSc3ccc(F)cc3)sc2cc1C. The minimum Gasteiger partial charge on any atom is -0.309 e. The van der Waals surface area contributed by atoms with E-state index in [1.165, 1.54) is 23.3 Å². The van der Waals surface area contributed by atoms with Crippen LogP contribution in [0.5, 0.6) is 0 Å². The van der Waals surface area contributed by atoms with Crippen molar-refractivity contribution in [3.05, 3.63) is 53.3 Å². The van der Waals surface area contributed by atoms with Crippen LogP contribution in [0, 0.1) is 19.7 Å². The lowest BCUT2D eigenvalue weighted by molar-refractivity contribution is -0.118. The lowest BCUT2D eigenvalue weighted by Crippen LogP contribution is -2.33. The van der Waals surface area contributed by atoms with E-state index in [-0.39, 0.29) is 11.7 Å². The maximum atomic E-state index is 13.1. The molecule has 30 heavy (non-hydrogen) atoms. The van der Waals surface area contributed by atoms with E-state index in [4.69, 9.17) is 4.98 Å². The highest BCUT2D eigenvalue weighted by molar-refractivity contribution is 7.99. The highest BCUT2D eigenvalue weighted by Gasteiger charge is 2.20. The maximum absolute atomic E-state index is 13.1. The first-order chi connectivity index (χ1) is 14.3. The van der Waals surface area contributed by atoms with E-state index in [0.29, 0.717) is 18.7 Å². The number of carbonyl (C=O) groups is 1. The van der Waals surface area contributed by atoms with E-state index in [0.717, 1.165) is 33.2 Å². The van der Waals surface area contributed by atoms with Gasteiger partial charge in [0.25, 0.3) is 0 Å². The summed E-state index contributed by atoms with van der Waals surface area (Å²) in [5.74, 6) is 0.484. The van der Waals surface area contributed by atoms with Gasteiger partial charge in [-0.05, 0) is 88.4 Å². The average Bonchev–Trinajstić information content (AvgIpc) is 3.09. The van der Waals surface area contributed by atoms with Crippen molar-refractivity contribution < 1.29 is 9.18 Å². The van der Waals surface area contributed by atoms with Gasteiger partial charge in [0.2, 0.25) is 5.91 Å². The van der Waals surface area contributed by atoms with Gasteiger partial charge in [0.15, 0.2) is 5.13 Å². The molecule has 0 fully saturated rings. The predicted octanol–water partition coefficient (Wildman–Crippen LogP) is 5.52. The molecule has 7 heteroatoms. The first kappa shape index (κ1) is 22.7. The molecule has 1 heterocycles. The van der Waals surface area contributed by atoms with Gasteiger partial charge in [-0.3, -0.25) is 9.69 Å². The minimum atomic E-state index is -0.246. The Hall–Kier alpha value is -1.96. The van der Waals surface area contributed by atoms with Crippen LogP contribution in [0.15, 0.2) is 41.3 Å². The summed E-state index contributed by atoms with van der Waals surface area (Å²) in [7, 11) is 4.07. The Labute approximate surface area is 186 Å². The lowest BCUT2D eigenvalue weighted by atomic mass is 10.1. The van der Waals surface area contributed by atoms with Crippen molar-refractivity contribution in [1.82, 2.24) is 9.88 Å². The van der Waals surface area contributed by atoms with Crippen LogP contribution >= 0.6 is 23.1 Å². The smallest absolute Gasteiger partial charge is 0.229 e. The molecular weight excluding hydrogens is 417 g/mol. The van der Waals surface area contributed by atoms with Crippen LogP contribution in [0.2, 0.25) is 0 Å². The topological polar surface area (TPSA) is 36.4 Å². The summed E-state index contributed by atoms with van der Waals surface area (Å²) >= 11 is 3.15. The zero-order valence-corrected chi connectivity index (χ0v) is 19.6. The average molecular weight is 446 g/mol. The van der Waals surface area contributed by atoms with Crippen LogP contribution in [0.25, 0.3) is 10.2 Å². The normalized spacial score (nSPS) is 11.4. The van der Waals surface area contributed by atoms with Crippen molar-refractivity contribution in [2.45, 2.75) is 31.6 Å². The van der Waals surface area contributed by atoms with Crippen molar-refractivity contribution in [3.8, 4) is 0 Å². The molecule has 0 aliphatic rings. The number of halogens is 1. The van der Waals surface area contributed by atoms with Crippen molar-refractivity contribution >= 4 is 44.4 Å². The van der Waals surface area contributed by atoms with Crippen molar-refractivity contribution in [3.63, 3.8) is 0 Å². The number of thiazole rings is 1. The third kappa shape index (κ3) is 6.03. The second-order valence-corrected chi connectivity index (χ2v) is 9.83. The molecule has 0 saturated heterocycles. The molecule has 160 valence electrons. The number of anilines is 1. The highest BCUT2D eigenvalue weighted by Crippen LogP contribution is 2.31. The molecular formula is C23H28FN3OS2. The Bertz CT molecular complexity index is 963. The second kappa shape index (κ2) is 10.4. The number of amides is 1. The Morgan fingerprint density at radius 3 is 2.50 bits per heavy atom. The molecule has 0 aliphatic carbocycles. The maximum Gasteiger partial charge on any atom is 0.229 e. The van der Waals surface area contributed by atoms with Gasteiger partial charge in [0.1, 0.15) is 5.82 Å². The zero-order valence-electron chi connectivity index (χ0n) is 17.9. The van der Waals surface area contributed by atoms with E-state index < -0.39 is 0 Å². The van der Waals surface area contributed by atoms with Gasteiger partial charge in [0.05, 0.1) is 10.2 Å². The molecule has 0 atom stereocenters. The molecule has 0 bridgehead atoms. The van der Waals surface area contributed by atoms with Crippen LogP contribution in [0.3, 0.4) is 0 Å². The summed E-state index contributed by atoms with van der Waals surface area (Å²) in [6, 6.07) is 10.6. The largest absolute Gasteiger partial charge is 0.309 e. The first-order valence-corrected chi connectivity index (χ1v) is 11.8. The van der Waals surface area contributed by atoms with E-state index in [1.54, 1.807) is 35.2 Å². The fourth-order valence-electron chi connectivity index (χ4n) is 3.08. The summed E-state index contributed by atoms with van der Waals surface area (Å²) in [6.07, 6.45) is 1.30. The Kier molecular flexibility index (Phi) is 7.86. The number of aromatic nitrogens is 1. The third-order valence-corrected chi connectivity index (χ3v) is 6.96. The number of hydrogen-bond acceptors (Lipinski definition) is 5. The van der Waals surface area contributed by atoms with E-state index in [1.807, 2.05) is 19.0 Å². The molecule has 4 nitrogen and oxygen atoms in total. The van der Waals surface area contributed by atoms with Gasteiger partial charge in [-0.25, -0.2) is 9.37 Å². The molecule has 0 N–H and O–H groups in total. The molecule has 1 aromatic heterocycles.